The van der Waals surface area contributed by atoms with Crippen molar-refractivity contribution in [1.82, 2.24) is 20.2 Å². The summed E-state index contributed by atoms with van der Waals surface area (Å²) in [4.78, 5) is 26.9. The van der Waals surface area contributed by atoms with Crippen molar-refractivity contribution in [2.75, 3.05) is 42.5 Å². The van der Waals surface area contributed by atoms with Gasteiger partial charge in [0.1, 0.15) is 0 Å². The molecule has 1 saturated heterocycles. The molecule has 2 heterocycles. The lowest BCUT2D eigenvalue weighted by atomic mass is 10.1. The van der Waals surface area contributed by atoms with Gasteiger partial charge in [-0.05, 0) is 54.5 Å². The summed E-state index contributed by atoms with van der Waals surface area (Å²) >= 11 is 11.9. The van der Waals surface area contributed by atoms with Crippen molar-refractivity contribution in [2.45, 2.75) is 20.4 Å². The van der Waals surface area contributed by atoms with Gasteiger partial charge in [0, 0.05) is 50.3 Å². The molecule has 0 radical (unpaired) electrons. The lowest BCUT2D eigenvalue weighted by Gasteiger charge is -2.37. The first-order valence-electron chi connectivity index (χ1n) is 11.8. The van der Waals surface area contributed by atoms with E-state index in [1.54, 1.807) is 29.6 Å². The van der Waals surface area contributed by atoms with Crippen molar-refractivity contribution in [3.63, 3.8) is 0 Å². The Labute approximate surface area is 217 Å². The van der Waals surface area contributed by atoms with Gasteiger partial charge in [-0.25, -0.2) is 4.98 Å². The summed E-state index contributed by atoms with van der Waals surface area (Å²) < 4.78 is 0. The van der Waals surface area contributed by atoms with Gasteiger partial charge in [-0.1, -0.05) is 37.6 Å². The molecule has 1 fully saturated rings. The molecule has 0 saturated carbocycles. The largest absolute Gasteiger partial charge is 0.368 e. The molecule has 0 unspecified atom stereocenters. The Morgan fingerprint density at radius 2 is 1.86 bits per heavy atom. The van der Waals surface area contributed by atoms with Crippen molar-refractivity contribution in [2.24, 2.45) is 5.92 Å². The number of aromatic nitrogens is 2. The number of aromatic amines is 1. The van der Waals surface area contributed by atoms with Crippen molar-refractivity contribution >= 4 is 46.2 Å². The van der Waals surface area contributed by atoms with Crippen LogP contribution in [-0.4, -0.2) is 58.6 Å². The van der Waals surface area contributed by atoms with Crippen LogP contribution in [0.4, 0.5) is 11.4 Å². The van der Waals surface area contributed by atoms with Crippen LogP contribution in [0.5, 0.6) is 0 Å². The Morgan fingerprint density at radius 3 is 2.49 bits per heavy atom. The predicted molar refractivity (Wildman–Crippen MR) is 146 cm³/mol. The molecule has 0 aliphatic carbocycles. The zero-order chi connectivity index (χ0) is 24.8. The maximum absolute atomic E-state index is 13.4. The minimum atomic E-state index is -0.158. The molecule has 2 N–H and O–H groups in total. The van der Waals surface area contributed by atoms with Crippen LogP contribution in [-0.2, 0) is 6.54 Å². The second-order valence-corrected chi connectivity index (χ2v) is 9.81. The van der Waals surface area contributed by atoms with Crippen molar-refractivity contribution in [1.29, 1.82) is 0 Å². The number of carbonyl (C=O) groups excluding carboxylic acids is 1. The average Bonchev–Trinajstić information content (AvgIpc) is 3.39. The molecule has 0 bridgehead atoms. The molecule has 3 aromatic rings. The number of H-pyrrole nitrogens is 1. The van der Waals surface area contributed by atoms with Crippen LogP contribution in [0.1, 0.15) is 29.9 Å². The molecule has 1 amide bonds. The normalized spacial score (nSPS) is 13.7. The Bertz CT molecular complexity index is 1130. The van der Waals surface area contributed by atoms with E-state index in [-0.39, 0.29) is 5.91 Å². The molecular formula is C26H31ClN6OS. The zero-order valence-electron chi connectivity index (χ0n) is 20.1. The summed E-state index contributed by atoms with van der Waals surface area (Å²) in [6, 6.07) is 15.2. The fourth-order valence-corrected chi connectivity index (χ4v) is 4.50. The topological polar surface area (TPSA) is 67.5 Å². The highest BCUT2D eigenvalue weighted by molar-refractivity contribution is 7.80. The quantitative estimate of drug-likeness (QED) is 0.454. The number of amides is 1. The lowest BCUT2D eigenvalue weighted by Crippen LogP contribution is -2.52. The smallest absolute Gasteiger partial charge is 0.260 e. The highest BCUT2D eigenvalue weighted by atomic mass is 35.5. The minimum Gasteiger partial charge on any atom is -0.368 e. The van der Waals surface area contributed by atoms with Crippen molar-refractivity contribution in [3.05, 3.63) is 77.3 Å². The number of hydrogen-bond donors (Lipinski definition) is 2. The molecule has 1 aliphatic heterocycles. The van der Waals surface area contributed by atoms with Gasteiger partial charge in [-0.15, -0.1) is 0 Å². The van der Waals surface area contributed by atoms with Gasteiger partial charge in [0.15, 0.2) is 5.11 Å². The average molecular weight is 511 g/mol. The second-order valence-electron chi connectivity index (χ2n) is 9.02. The van der Waals surface area contributed by atoms with E-state index < -0.39 is 0 Å². The fourth-order valence-electron chi connectivity index (χ4n) is 4.02. The molecule has 0 spiro atoms. The molecular weight excluding hydrogens is 480 g/mol. The molecule has 7 nitrogen and oxygen atoms in total. The third-order valence-corrected chi connectivity index (χ3v) is 6.72. The molecule has 35 heavy (non-hydrogen) atoms. The van der Waals surface area contributed by atoms with Gasteiger partial charge in [-0.2, -0.15) is 0 Å². The van der Waals surface area contributed by atoms with Gasteiger partial charge in [0.25, 0.3) is 5.91 Å². The van der Waals surface area contributed by atoms with E-state index >= 15 is 0 Å². The molecule has 9 heteroatoms. The number of piperazine rings is 1. The number of carbonyl (C=O) groups is 1. The summed E-state index contributed by atoms with van der Waals surface area (Å²) in [5.74, 6) is 0.402. The maximum Gasteiger partial charge on any atom is 0.260 e. The van der Waals surface area contributed by atoms with Gasteiger partial charge < -0.3 is 25.0 Å². The van der Waals surface area contributed by atoms with Gasteiger partial charge in [0.05, 0.1) is 29.2 Å². The van der Waals surface area contributed by atoms with Crippen LogP contribution >= 0.6 is 23.8 Å². The number of halogens is 1. The molecule has 1 aliphatic rings. The van der Waals surface area contributed by atoms with E-state index in [4.69, 9.17) is 23.8 Å². The predicted octanol–water partition coefficient (Wildman–Crippen LogP) is 4.56. The summed E-state index contributed by atoms with van der Waals surface area (Å²) in [5.41, 5.74) is 3.23. The molecule has 1 aromatic heterocycles. The molecule has 0 atom stereocenters. The lowest BCUT2D eigenvalue weighted by molar-refractivity contribution is 0.0985. The monoisotopic (exact) mass is 510 g/mol. The van der Waals surface area contributed by atoms with E-state index in [0.717, 1.165) is 54.9 Å². The van der Waals surface area contributed by atoms with Crippen LogP contribution in [0.3, 0.4) is 0 Å². The summed E-state index contributed by atoms with van der Waals surface area (Å²) in [6.45, 7) is 9.14. The van der Waals surface area contributed by atoms with Gasteiger partial charge in [0.2, 0.25) is 0 Å². The number of thiocarbonyl (C=S) groups is 1. The molecule has 184 valence electrons. The number of anilines is 2. The third kappa shape index (κ3) is 6.32. The van der Waals surface area contributed by atoms with E-state index in [2.05, 4.69) is 51.1 Å². The highest BCUT2D eigenvalue weighted by Gasteiger charge is 2.22. The zero-order valence-corrected chi connectivity index (χ0v) is 21.6. The van der Waals surface area contributed by atoms with Crippen LogP contribution in [0, 0.1) is 5.92 Å². The van der Waals surface area contributed by atoms with Gasteiger partial charge >= 0.3 is 0 Å². The number of hydrogen-bond acceptors (Lipinski definition) is 4. The first-order valence-corrected chi connectivity index (χ1v) is 12.6. The van der Waals surface area contributed by atoms with E-state index in [1.807, 2.05) is 24.3 Å². The third-order valence-electron chi connectivity index (χ3n) is 5.99. The number of rotatable bonds is 7. The number of benzene rings is 2. The number of imidazole rings is 1. The first kappa shape index (κ1) is 25.0. The van der Waals surface area contributed by atoms with Crippen LogP contribution in [0.25, 0.3) is 0 Å². The van der Waals surface area contributed by atoms with Crippen LogP contribution < -0.4 is 15.1 Å². The Kier molecular flexibility index (Phi) is 8.25. The number of nitrogens with one attached hydrogen (secondary N) is 2. The summed E-state index contributed by atoms with van der Waals surface area (Å²) in [5, 5.41) is 4.62. The van der Waals surface area contributed by atoms with Gasteiger partial charge in [-0.3, -0.25) is 4.79 Å². The Morgan fingerprint density at radius 1 is 1.14 bits per heavy atom. The summed E-state index contributed by atoms with van der Waals surface area (Å²) in [6.07, 6.45) is 3.33. The molecule has 4 rings (SSSR count). The van der Waals surface area contributed by atoms with E-state index in [9.17, 15) is 4.79 Å². The fraction of sp³-hybridized carbons (Fsp3) is 0.346. The van der Waals surface area contributed by atoms with E-state index in [0.29, 0.717) is 23.0 Å². The maximum atomic E-state index is 13.4. The standard InChI is InChI=1S/C26H31ClN6OS/c1-19(2)15-29-26(35)32-13-11-31(12-14-32)21-7-9-22(10-8-21)33(17-20-16-28-18-30-20)25(34)23-5-3-4-6-24(23)27/h3-10,16,18-19H,11-15,17H2,1-2H3,(H,28,30)(H,29,35). The minimum absolute atomic E-state index is 0.158. The SMILES string of the molecule is CC(C)CNC(=S)N1CCN(c2ccc(N(Cc3cnc[nH]3)C(=O)c3ccccc3Cl)cc2)CC1. The number of nitrogens with zero attached hydrogens (tertiary/aromatic N) is 4. The summed E-state index contributed by atoms with van der Waals surface area (Å²) in [7, 11) is 0. The Hall–Kier alpha value is -3.10. The second kappa shape index (κ2) is 11.6. The van der Waals surface area contributed by atoms with Crippen molar-refractivity contribution in [3.8, 4) is 0 Å². The van der Waals surface area contributed by atoms with E-state index in [1.165, 1.54) is 0 Å². The highest BCUT2D eigenvalue weighted by Crippen LogP contribution is 2.26. The van der Waals surface area contributed by atoms with Crippen LogP contribution in [0.15, 0.2) is 61.1 Å². The first-order chi connectivity index (χ1) is 16.9. The van der Waals surface area contributed by atoms with Crippen molar-refractivity contribution < 1.29 is 4.79 Å². The Balaban J connectivity index is 1.46. The molecule has 2 aromatic carbocycles. The van der Waals surface area contributed by atoms with Crippen LogP contribution in [0.2, 0.25) is 5.02 Å².